The molecule has 1 atom stereocenters. The van der Waals surface area contributed by atoms with Gasteiger partial charge in [0, 0.05) is 5.69 Å². The van der Waals surface area contributed by atoms with Crippen LogP contribution in [0.4, 0.5) is 5.69 Å². The molecule has 0 spiro atoms. The van der Waals surface area contributed by atoms with Crippen LogP contribution in [0.25, 0.3) is 0 Å². The number of nitrogens with zero attached hydrogens (tertiary/aromatic N) is 1. The van der Waals surface area contributed by atoms with Crippen LogP contribution in [0.5, 0.6) is 0 Å². The normalized spacial score (nSPS) is 12.4. The van der Waals surface area contributed by atoms with Gasteiger partial charge in [-0.2, -0.15) is 5.26 Å². The first-order valence-corrected chi connectivity index (χ1v) is 6.73. The molecule has 1 rings (SSSR count). The molecule has 0 amide bonds. The van der Waals surface area contributed by atoms with E-state index in [0.29, 0.717) is 5.56 Å². The maximum absolute atomic E-state index is 11.7. The van der Waals surface area contributed by atoms with Crippen molar-refractivity contribution in [3.05, 3.63) is 29.8 Å². The molecule has 0 aliphatic carbocycles. The van der Waals surface area contributed by atoms with Crippen LogP contribution in [-0.4, -0.2) is 25.2 Å². The van der Waals surface area contributed by atoms with Crippen molar-refractivity contribution in [2.45, 2.75) is 6.92 Å². The number of carboxylic acids is 1. The van der Waals surface area contributed by atoms with Crippen LogP contribution in [-0.2, 0) is 14.8 Å². The third kappa shape index (κ3) is 4.07. The Kier molecular flexibility index (Phi) is 4.28. The molecule has 0 aliphatic heterocycles. The number of aliphatic carboxylic acids is 1. The molecule has 0 bridgehead atoms. The summed E-state index contributed by atoms with van der Waals surface area (Å²) < 4.78 is 25.6. The lowest BCUT2D eigenvalue weighted by molar-refractivity contribution is -0.140. The molecule has 1 unspecified atom stereocenters. The van der Waals surface area contributed by atoms with Gasteiger partial charge in [-0.05, 0) is 18.2 Å². The van der Waals surface area contributed by atoms with Gasteiger partial charge in [-0.1, -0.05) is 13.0 Å². The second kappa shape index (κ2) is 5.51. The molecule has 7 heteroatoms. The molecule has 2 N–H and O–H groups in total. The number of carbonyl (C=O) groups is 1. The number of hydrogen-bond acceptors (Lipinski definition) is 4. The second-order valence-corrected chi connectivity index (χ2v) is 5.58. The molecule has 6 nitrogen and oxygen atoms in total. The van der Waals surface area contributed by atoms with Crippen molar-refractivity contribution < 1.29 is 18.3 Å². The second-order valence-electron chi connectivity index (χ2n) is 3.82. The number of sulfonamides is 1. The predicted molar refractivity (Wildman–Crippen MR) is 65.4 cm³/mol. The molecule has 0 radical (unpaired) electrons. The van der Waals surface area contributed by atoms with E-state index in [4.69, 9.17) is 10.4 Å². The zero-order valence-electron chi connectivity index (χ0n) is 9.62. The summed E-state index contributed by atoms with van der Waals surface area (Å²) in [4.78, 5) is 10.6. The first-order chi connectivity index (χ1) is 8.34. The van der Waals surface area contributed by atoms with Crippen LogP contribution in [0.3, 0.4) is 0 Å². The summed E-state index contributed by atoms with van der Waals surface area (Å²) in [5.74, 6) is -2.69. The van der Waals surface area contributed by atoms with E-state index in [1.54, 1.807) is 0 Å². The van der Waals surface area contributed by atoms with Crippen molar-refractivity contribution in [3.63, 3.8) is 0 Å². The fourth-order valence-corrected chi connectivity index (χ4v) is 2.64. The van der Waals surface area contributed by atoms with Gasteiger partial charge in [0.15, 0.2) is 0 Å². The first kappa shape index (κ1) is 14.0. The van der Waals surface area contributed by atoms with Crippen molar-refractivity contribution in [1.29, 1.82) is 5.26 Å². The summed E-state index contributed by atoms with van der Waals surface area (Å²) in [5.41, 5.74) is 0.563. The molecule has 0 heterocycles. The molecule has 0 aromatic heterocycles. The predicted octanol–water partition coefficient (Wildman–Crippen LogP) is 1.02. The van der Waals surface area contributed by atoms with Gasteiger partial charge in [0.2, 0.25) is 10.0 Å². The van der Waals surface area contributed by atoms with Crippen molar-refractivity contribution in [3.8, 4) is 6.07 Å². The fourth-order valence-electron chi connectivity index (χ4n) is 1.27. The van der Waals surface area contributed by atoms with E-state index < -0.39 is 27.7 Å². The minimum absolute atomic E-state index is 0.242. The van der Waals surface area contributed by atoms with Crippen molar-refractivity contribution in [2.24, 2.45) is 5.92 Å². The van der Waals surface area contributed by atoms with Gasteiger partial charge < -0.3 is 5.11 Å². The first-order valence-electron chi connectivity index (χ1n) is 5.07. The molecule has 0 saturated heterocycles. The van der Waals surface area contributed by atoms with Gasteiger partial charge in [0.25, 0.3) is 0 Å². The Morgan fingerprint density at radius 1 is 1.56 bits per heavy atom. The highest BCUT2D eigenvalue weighted by molar-refractivity contribution is 7.92. The van der Waals surface area contributed by atoms with E-state index in [0.717, 1.165) is 0 Å². The zero-order valence-corrected chi connectivity index (χ0v) is 10.4. The Hall–Kier alpha value is -2.07. The Morgan fingerprint density at radius 2 is 2.22 bits per heavy atom. The lowest BCUT2D eigenvalue weighted by Gasteiger charge is -2.10. The van der Waals surface area contributed by atoms with Crippen molar-refractivity contribution in [1.82, 2.24) is 0 Å². The third-order valence-electron chi connectivity index (χ3n) is 2.16. The summed E-state index contributed by atoms with van der Waals surface area (Å²) in [5, 5.41) is 17.3. The van der Waals surface area contributed by atoms with Crippen molar-refractivity contribution in [2.75, 3.05) is 10.5 Å². The molecule has 0 fully saturated rings. The lowest BCUT2D eigenvalue weighted by Crippen LogP contribution is -2.25. The minimum atomic E-state index is -3.74. The number of hydrogen-bond donors (Lipinski definition) is 2. The topological polar surface area (TPSA) is 107 Å². The molecular weight excluding hydrogens is 256 g/mol. The number of nitriles is 1. The van der Waals surface area contributed by atoms with Gasteiger partial charge in [-0.25, -0.2) is 8.42 Å². The number of carboxylic acid groups (broad SMARTS) is 1. The molecule has 1 aromatic carbocycles. The average Bonchev–Trinajstić information content (AvgIpc) is 2.27. The van der Waals surface area contributed by atoms with Gasteiger partial charge >= 0.3 is 5.97 Å². The maximum atomic E-state index is 11.7. The van der Waals surface area contributed by atoms with E-state index in [1.807, 2.05) is 6.07 Å². The number of benzene rings is 1. The van der Waals surface area contributed by atoms with E-state index in [1.165, 1.54) is 31.2 Å². The average molecular weight is 268 g/mol. The minimum Gasteiger partial charge on any atom is -0.481 e. The summed E-state index contributed by atoms with van der Waals surface area (Å²) in [6.45, 7) is 1.31. The number of nitrogens with one attached hydrogen (secondary N) is 1. The highest BCUT2D eigenvalue weighted by Gasteiger charge is 2.20. The molecule has 96 valence electrons. The monoisotopic (exact) mass is 268 g/mol. The fraction of sp³-hybridized carbons (Fsp3) is 0.273. The number of rotatable bonds is 5. The maximum Gasteiger partial charge on any atom is 0.307 e. The summed E-state index contributed by atoms with van der Waals surface area (Å²) in [6, 6.07) is 7.83. The van der Waals surface area contributed by atoms with Crippen LogP contribution in [0.15, 0.2) is 24.3 Å². The molecule has 0 saturated carbocycles. The third-order valence-corrected chi connectivity index (χ3v) is 3.64. The smallest absolute Gasteiger partial charge is 0.307 e. The molecule has 18 heavy (non-hydrogen) atoms. The summed E-state index contributed by atoms with van der Waals surface area (Å²) in [7, 11) is -3.74. The highest BCUT2D eigenvalue weighted by atomic mass is 32.2. The van der Waals surface area contributed by atoms with Crippen molar-refractivity contribution >= 4 is 21.7 Å². The summed E-state index contributed by atoms with van der Waals surface area (Å²) in [6.07, 6.45) is 0. The van der Waals surface area contributed by atoms with Crippen LogP contribution in [0.1, 0.15) is 12.5 Å². The Balaban J connectivity index is 2.83. The van der Waals surface area contributed by atoms with Crippen LogP contribution in [0.2, 0.25) is 0 Å². The largest absolute Gasteiger partial charge is 0.481 e. The van der Waals surface area contributed by atoms with Crippen LogP contribution >= 0.6 is 0 Å². The Morgan fingerprint density at radius 3 is 2.78 bits per heavy atom. The van der Waals surface area contributed by atoms with E-state index in [2.05, 4.69) is 4.72 Å². The zero-order chi connectivity index (χ0) is 13.8. The van der Waals surface area contributed by atoms with E-state index in [-0.39, 0.29) is 5.69 Å². The quantitative estimate of drug-likeness (QED) is 0.829. The summed E-state index contributed by atoms with van der Waals surface area (Å²) >= 11 is 0. The van der Waals surface area contributed by atoms with Gasteiger partial charge in [0.1, 0.15) is 0 Å². The Bertz CT molecular complexity index is 589. The SMILES string of the molecule is CC(CS(=O)(=O)Nc1cccc(C#N)c1)C(=O)O. The van der Waals surface area contributed by atoms with Crippen LogP contribution in [0, 0.1) is 17.2 Å². The lowest BCUT2D eigenvalue weighted by atomic mass is 10.2. The van der Waals surface area contributed by atoms with Gasteiger partial charge in [-0.3, -0.25) is 9.52 Å². The highest BCUT2D eigenvalue weighted by Crippen LogP contribution is 2.13. The number of anilines is 1. The van der Waals surface area contributed by atoms with Gasteiger partial charge in [-0.15, -0.1) is 0 Å². The molecular formula is C11H12N2O4S. The molecule has 0 aliphatic rings. The van der Waals surface area contributed by atoms with E-state index in [9.17, 15) is 13.2 Å². The van der Waals surface area contributed by atoms with Gasteiger partial charge in [0.05, 0.1) is 23.3 Å². The Labute approximate surface area is 105 Å². The molecule has 1 aromatic rings. The van der Waals surface area contributed by atoms with E-state index >= 15 is 0 Å². The standard InChI is InChI=1S/C11H12N2O4S/c1-8(11(14)15)7-18(16,17)13-10-4-2-3-9(5-10)6-12/h2-5,8,13H,7H2,1H3,(H,14,15). The van der Waals surface area contributed by atoms with Crippen LogP contribution < -0.4 is 4.72 Å².